The fourth-order valence-electron chi connectivity index (χ4n) is 2.85. The minimum Gasteiger partial charge on any atom is -0.505 e. The first-order chi connectivity index (χ1) is 9.59. The number of benzene rings is 1. The molecule has 0 aromatic heterocycles. The molecule has 5 heteroatoms. The molecule has 4 nitrogen and oxygen atoms in total. The van der Waals surface area contributed by atoms with E-state index in [-0.39, 0.29) is 17.1 Å². The van der Waals surface area contributed by atoms with Crippen molar-refractivity contribution in [3.8, 4) is 5.75 Å². The number of aromatic hydroxyl groups is 1. The molecule has 1 saturated heterocycles. The summed E-state index contributed by atoms with van der Waals surface area (Å²) in [7, 11) is 0. The second-order valence-corrected chi connectivity index (χ2v) is 6.22. The number of carbonyl (C=O) groups excluding carboxylic acids is 1. The third kappa shape index (κ3) is 3.15. The molecule has 0 unspecified atom stereocenters. The summed E-state index contributed by atoms with van der Waals surface area (Å²) in [6.07, 6.45) is 3.57. The predicted molar refractivity (Wildman–Crippen MR) is 83.9 cm³/mol. The average Bonchev–Trinajstić information content (AvgIpc) is 2.45. The second kappa shape index (κ2) is 6.59. The third-order valence-electron chi connectivity index (χ3n) is 4.01. The van der Waals surface area contributed by atoms with Crippen molar-refractivity contribution in [2.45, 2.75) is 32.6 Å². The first-order valence-corrected chi connectivity index (χ1v) is 7.88. The molecule has 20 heavy (non-hydrogen) atoms. The van der Waals surface area contributed by atoms with Crippen LogP contribution in [0.4, 0.5) is 5.69 Å². The lowest BCUT2D eigenvalue weighted by atomic mass is 9.74. The number of carbonyl (C=O) groups is 1. The number of halogens is 1. The largest absolute Gasteiger partial charge is 0.505 e. The van der Waals surface area contributed by atoms with Crippen molar-refractivity contribution in [3.63, 3.8) is 0 Å². The van der Waals surface area contributed by atoms with Crippen molar-refractivity contribution in [1.82, 2.24) is 5.32 Å². The summed E-state index contributed by atoms with van der Waals surface area (Å²) in [6, 6.07) is 5.27. The van der Waals surface area contributed by atoms with Gasteiger partial charge in [0.15, 0.2) is 5.75 Å². The second-order valence-electron chi connectivity index (χ2n) is 5.37. The van der Waals surface area contributed by atoms with E-state index < -0.39 is 0 Å². The molecular weight excluding hydrogens is 320 g/mol. The molecule has 1 amide bonds. The summed E-state index contributed by atoms with van der Waals surface area (Å²) < 4.78 is 0.588. The Bertz CT molecular complexity index is 479. The molecule has 1 fully saturated rings. The summed E-state index contributed by atoms with van der Waals surface area (Å²) in [5.74, 6) is 0.107. The Morgan fingerprint density at radius 3 is 2.80 bits per heavy atom. The molecule has 1 aliphatic heterocycles. The SMILES string of the molecule is CCCC1(C(=O)Nc2cccc(Br)c2O)CCNCC1. The molecule has 1 aromatic rings. The zero-order valence-electron chi connectivity index (χ0n) is 11.7. The van der Waals surface area contributed by atoms with Gasteiger partial charge in [-0.05, 0) is 60.4 Å². The van der Waals surface area contributed by atoms with E-state index in [4.69, 9.17) is 0 Å². The zero-order chi connectivity index (χ0) is 14.6. The molecule has 0 bridgehead atoms. The van der Waals surface area contributed by atoms with E-state index in [9.17, 15) is 9.90 Å². The lowest BCUT2D eigenvalue weighted by Crippen LogP contribution is -2.44. The Labute approximate surface area is 128 Å². The number of hydrogen-bond acceptors (Lipinski definition) is 3. The minimum atomic E-state index is -0.311. The number of amides is 1. The highest BCUT2D eigenvalue weighted by molar-refractivity contribution is 9.10. The van der Waals surface area contributed by atoms with Crippen LogP contribution in [0.5, 0.6) is 5.75 Å². The lowest BCUT2D eigenvalue weighted by Gasteiger charge is -2.36. The van der Waals surface area contributed by atoms with Gasteiger partial charge in [-0.15, -0.1) is 0 Å². The van der Waals surface area contributed by atoms with Crippen LogP contribution in [0.1, 0.15) is 32.6 Å². The highest BCUT2D eigenvalue weighted by Gasteiger charge is 2.38. The molecule has 1 aliphatic rings. The van der Waals surface area contributed by atoms with Crippen molar-refractivity contribution in [3.05, 3.63) is 22.7 Å². The van der Waals surface area contributed by atoms with E-state index in [1.807, 2.05) is 0 Å². The van der Waals surface area contributed by atoms with Crippen LogP contribution in [0.2, 0.25) is 0 Å². The first-order valence-electron chi connectivity index (χ1n) is 7.09. The number of hydrogen-bond donors (Lipinski definition) is 3. The summed E-state index contributed by atoms with van der Waals surface area (Å²) in [4.78, 5) is 12.7. The summed E-state index contributed by atoms with van der Waals surface area (Å²) in [5, 5.41) is 16.2. The lowest BCUT2D eigenvalue weighted by molar-refractivity contribution is -0.127. The van der Waals surface area contributed by atoms with Gasteiger partial charge in [0.05, 0.1) is 15.6 Å². The van der Waals surface area contributed by atoms with Crippen LogP contribution >= 0.6 is 15.9 Å². The zero-order valence-corrected chi connectivity index (χ0v) is 13.3. The number of para-hydroxylation sites is 1. The van der Waals surface area contributed by atoms with Gasteiger partial charge in [-0.25, -0.2) is 0 Å². The quantitative estimate of drug-likeness (QED) is 0.737. The van der Waals surface area contributed by atoms with E-state index >= 15 is 0 Å². The molecule has 0 radical (unpaired) electrons. The van der Waals surface area contributed by atoms with Gasteiger partial charge in [0.1, 0.15) is 0 Å². The maximum absolute atomic E-state index is 12.7. The fourth-order valence-corrected chi connectivity index (χ4v) is 3.21. The van der Waals surface area contributed by atoms with Gasteiger partial charge >= 0.3 is 0 Å². The van der Waals surface area contributed by atoms with Crippen molar-refractivity contribution < 1.29 is 9.90 Å². The highest BCUT2D eigenvalue weighted by atomic mass is 79.9. The van der Waals surface area contributed by atoms with Crippen LogP contribution in [0.15, 0.2) is 22.7 Å². The van der Waals surface area contributed by atoms with Crippen LogP contribution in [0.3, 0.4) is 0 Å². The van der Waals surface area contributed by atoms with Gasteiger partial charge < -0.3 is 15.7 Å². The molecule has 110 valence electrons. The Morgan fingerprint density at radius 2 is 2.15 bits per heavy atom. The van der Waals surface area contributed by atoms with Crippen molar-refractivity contribution >= 4 is 27.5 Å². The van der Waals surface area contributed by atoms with E-state index in [1.165, 1.54) is 0 Å². The number of piperidine rings is 1. The van der Waals surface area contributed by atoms with Gasteiger partial charge in [-0.3, -0.25) is 4.79 Å². The Balaban J connectivity index is 2.18. The summed E-state index contributed by atoms with van der Waals surface area (Å²) in [6.45, 7) is 3.85. The minimum absolute atomic E-state index is 0.0225. The van der Waals surface area contributed by atoms with Crippen LogP contribution in [0, 0.1) is 5.41 Å². The number of rotatable bonds is 4. The molecular formula is C15H21BrN2O2. The summed E-state index contributed by atoms with van der Waals surface area (Å²) in [5.41, 5.74) is 0.160. The van der Waals surface area contributed by atoms with Crippen molar-refractivity contribution in [2.75, 3.05) is 18.4 Å². The van der Waals surface area contributed by atoms with E-state index in [0.29, 0.717) is 10.2 Å². The third-order valence-corrected chi connectivity index (χ3v) is 4.65. The van der Waals surface area contributed by atoms with Gasteiger partial charge in [0.25, 0.3) is 0 Å². The van der Waals surface area contributed by atoms with Crippen LogP contribution in [-0.2, 0) is 4.79 Å². The van der Waals surface area contributed by atoms with Crippen LogP contribution < -0.4 is 10.6 Å². The smallest absolute Gasteiger partial charge is 0.230 e. The fraction of sp³-hybridized carbons (Fsp3) is 0.533. The molecule has 0 atom stereocenters. The topological polar surface area (TPSA) is 61.4 Å². The summed E-state index contributed by atoms with van der Waals surface area (Å²) >= 11 is 3.26. The standard InChI is InChI=1S/C15H21BrN2O2/c1-2-6-15(7-9-17-10-8-15)14(20)18-12-5-3-4-11(16)13(12)19/h3-5,17,19H,2,6-10H2,1H3,(H,18,20). The molecule has 0 aliphatic carbocycles. The Morgan fingerprint density at radius 1 is 1.45 bits per heavy atom. The normalized spacial score (nSPS) is 17.7. The first kappa shape index (κ1) is 15.3. The average molecular weight is 341 g/mol. The molecule has 2 rings (SSSR count). The number of phenols is 1. The monoisotopic (exact) mass is 340 g/mol. The van der Waals surface area contributed by atoms with E-state index in [0.717, 1.165) is 38.8 Å². The maximum Gasteiger partial charge on any atom is 0.230 e. The molecule has 0 spiro atoms. The highest BCUT2D eigenvalue weighted by Crippen LogP contribution is 2.37. The van der Waals surface area contributed by atoms with Gasteiger partial charge in [-0.2, -0.15) is 0 Å². The number of phenolic OH excluding ortho intramolecular Hbond substituents is 1. The van der Waals surface area contributed by atoms with Gasteiger partial charge in [0.2, 0.25) is 5.91 Å². The van der Waals surface area contributed by atoms with Gasteiger partial charge in [0, 0.05) is 0 Å². The molecule has 1 heterocycles. The van der Waals surface area contributed by atoms with Crippen LogP contribution in [-0.4, -0.2) is 24.1 Å². The molecule has 0 saturated carbocycles. The Hall–Kier alpha value is -1.07. The van der Waals surface area contributed by atoms with Crippen LogP contribution in [0.25, 0.3) is 0 Å². The predicted octanol–water partition coefficient (Wildman–Crippen LogP) is 3.26. The van der Waals surface area contributed by atoms with Gasteiger partial charge in [-0.1, -0.05) is 19.4 Å². The Kier molecular flexibility index (Phi) is 5.05. The molecule has 3 N–H and O–H groups in total. The number of anilines is 1. The van der Waals surface area contributed by atoms with Crippen molar-refractivity contribution in [1.29, 1.82) is 0 Å². The van der Waals surface area contributed by atoms with E-state index in [1.54, 1.807) is 18.2 Å². The maximum atomic E-state index is 12.7. The number of nitrogens with one attached hydrogen (secondary N) is 2. The van der Waals surface area contributed by atoms with Crippen molar-refractivity contribution in [2.24, 2.45) is 5.41 Å². The molecule has 1 aromatic carbocycles. The van der Waals surface area contributed by atoms with E-state index in [2.05, 4.69) is 33.5 Å².